The highest BCUT2D eigenvalue weighted by Gasteiger charge is 2.17. The van der Waals surface area contributed by atoms with Gasteiger partial charge in [0.25, 0.3) is 5.56 Å². The highest BCUT2D eigenvalue weighted by molar-refractivity contribution is 9.09. The number of hydrogen-bond donors (Lipinski definition) is 1. The van der Waals surface area contributed by atoms with Gasteiger partial charge in [-0.15, -0.1) is 11.3 Å². The molecule has 2 aromatic rings. The number of H-pyrrole nitrogens is 1. The minimum atomic E-state index is -0.0614. The van der Waals surface area contributed by atoms with E-state index in [0.29, 0.717) is 5.56 Å². The molecule has 98 valence electrons. The zero-order valence-corrected chi connectivity index (χ0v) is 12.6. The SMILES string of the molecule is COC1C=c2[nH]c(=O)c(-c3cccs3)cc2=CC1Br. The molecular formula is C14H12BrNO2S. The van der Waals surface area contributed by atoms with Crippen LogP contribution < -0.4 is 16.1 Å². The Bertz CT molecular complexity index is 764. The predicted octanol–water partition coefficient (Wildman–Crippen LogP) is 1.46. The van der Waals surface area contributed by atoms with Crippen molar-refractivity contribution in [3.8, 4) is 10.4 Å². The molecule has 0 aliphatic heterocycles. The van der Waals surface area contributed by atoms with Crippen LogP contribution in [0.25, 0.3) is 22.6 Å². The Balaban J connectivity index is 2.24. The number of thiophene rings is 1. The molecule has 0 amide bonds. The van der Waals surface area contributed by atoms with Crippen LogP contribution in [0.4, 0.5) is 0 Å². The minimum Gasteiger partial charge on any atom is -0.376 e. The maximum Gasteiger partial charge on any atom is 0.257 e. The minimum absolute atomic E-state index is 0.0595. The van der Waals surface area contributed by atoms with Crippen molar-refractivity contribution in [3.05, 3.63) is 44.5 Å². The van der Waals surface area contributed by atoms with Crippen molar-refractivity contribution in [2.45, 2.75) is 10.9 Å². The number of pyridine rings is 1. The van der Waals surface area contributed by atoms with E-state index in [0.717, 1.165) is 15.4 Å². The standard InChI is InChI=1S/C14H12BrNO2S/c1-18-12-7-11-8(6-10(12)15)5-9(14(17)16-11)13-3-2-4-19-13/h2-7,10,12H,1H3,(H,16,17). The van der Waals surface area contributed by atoms with E-state index in [1.165, 1.54) is 0 Å². The normalized spacial score (nSPS) is 21.4. The summed E-state index contributed by atoms with van der Waals surface area (Å²) in [5.74, 6) is 0. The zero-order chi connectivity index (χ0) is 13.4. The van der Waals surface area contributed by atoms with E-state index in [-0.39, 0.29) is 16.5 Å². The molecule has 1 aliphatic carbocycles. The van der Waals surface area contributed by atoms with Crippen LogP contribution in [0.1, 0.15) is 0 Å². The number of methoxy groups -OCH3 is 1. The summed E-state index contributed by atoms with van der Waals surface area (Å²) in [6.45, 7) is 0. The molecule has 0 spiro atoms. The zero-order valence-electron chi connectivity index (χ0n) is 10.2. The monoisotopic (exact) mass is 337 g/mol. The Kier molecular flexibility index (Phi) is 3.43. The van der Waals surface area contributed by atoms with E-state index in [9.17, 15) is 4.79 Å². The first kappa shape index (κ1) is 12.8. The average Bonchev–Trinajstić information content (AvgIpc) is 2.91. The van der Waals surface area contributed by atoms with E-state index in [2.05, 4.69) is 27.0 Å². The fourth-order valence-corrected chi connectivity index (χ4v) is 3.56. The van der Waals surface area contributed by atoms with Crippen molar-refractivity contribution >= 4 is 39.4 Å². The Labute approximate surface area is 122 Å². The molecule has 2 atom stereocenters. The lowest BCUT2D eigenvalue weighted by atomic mass is 10.1. The van der Waals surface area contributed by atoms with Crippen molar-refractivity contribution < 1.29 is 4.74 Å². The van der Waals surface area contributed by atoms with Gasteiger partial charge < -0.3 is 9.72 Å². The molecule has 2 unspecified atom stereocenters. The number of alkyl halides is 1. The summed E-state index contributed by atoms with van der Waals surface area (Å²) in [6, 6.07) is 5.84. The van der Waals surface area contributed by atoms with Gasteiger partial charge in [-0.25, -0.2) is 0 Å². The number of rotatable bonds is 2. The molecule has 0 fully saturated rings. The molecule has 3 rings (SSSR count). The molecule has 0 saturated carbocycles. The molecule has 0 aromatic carbocycles. The first-order valence-corrected chi connectivity index (χ1v) is 7.66. The van der Waals surface area contributed by atoms with Gasteiger partial charge in [0.05, 0.1) is 16.5 Å². The van der Waals surface area contributed by atoms with Gasteiger partial charge in [0.2, 0.25) is 0 Å². The number of aromatic nitrogens is 1. The van der Waals surface area contributed by atoms with Gasteiger partial charge in [-0.1, -0.05) is 28.1 Å². The van der Waals surface area contributed by atoms with Crippen LogP contribution in [-0.2, 0) is 4.74 Å². The van der Waals surface area contributed by atoms with Gasteiger partial charge in [-0.2, -0.15) is 0 Å². The Morgan fingerprint density at radius 3 is 2.95 bits per heavy atom. The number of halogens is 1. The van der Waals surface area contributed by atoms with Crippen LogP contribution in [-0.4, -0.2) is 23.0 Å². The molecule has 0 saturated heterocycles. The van der Waals surface area contributed by atoms with Crippen LogP contribution in [0, 0.1) is 0 Å². The molecule has 2 aromatic heterocycles. The first-order valence-electron chi connectivity index (χ1n) is 5.87. The second kappa shape index (κ2) is 5.07. The number of ether oxygens (including phenoxy) is 1. The first-order chi connectivity index (χ1) is 9.19. The quantitative estimate of drug-likeness (QED) is 0.843. The molecule has 19 heavy (non-hydrogen) atoms. The molecule has 0 radical (unpaired) electrons. The van der Waals surface area contributed by atoms with Gasteiger partial charge in [0.1, 0.15) is 0 Å². The van der Waals surface area contributed by atoms with E-state index >= 15 is 0 Å². The van der Waals surface area contributed by atoms with E-state index in [4.69, 9.17) is 4.74 Å². The van der Waals surface area contributed by atoms with Gasteiger partial charge in [-0.05, 0) is 28.8 Å². The van der Waals surface area contributed by atoms with Crippen molar-refractivity contribution in [1.29, 1.82) is 0 Å². The van der Waals surface area contributed by atoms with E-state index in [1.807, 2.05) is 29.7 Å². The lowest BCUT2D eigenvalue weighted by molar-refractivity contribution is 0.162. The molecule has 1 aliphatic rings. The maximum absolute atomic E-state index is 12.1. The number of fused-ring (bicyclic) bond motifs is 1. The Hall–Kier alpha value is -1.17. The van der Waals surface area contributed by atoms with Crippen LogP contribution in [0.3, 0.4) is 0 Å². The fourth-order valence-electron chi connectivity index (χ4n) is 2.17. The predicted molar refractivity (Wildman–Crippen MR) is 82.1 cm³/mol. The van der Waals surface area contributed by atoms with Crippen molar-refractivity contribution in [3.63, 3.8) is 0 Å². The van der Waals surface area contributed by atoms with Gasteiger partial charge in [0, 0.05) is 17.3 Å². The maximum atomic E-state index is 12.1. The molecule has 1 N–H and O–H groups in total. The summed E-state index contributed by atoms with van der Waals surface area (Å²) >= 11 is 5.14. The summed E-state index contributed by atoms with van der Waals surface area (Å²) < 4.78 is 5.35. The van der Waals surface area contributed by atoms with Crippen molar-refractivity contribution in [2.75, 3.05) is 7.11 Å². The molecule has 3 nitrogen and oxygen atoms in total. The van der Waals surface area contributed by atoms with Crippen molar-refractivity contribution in [2.24, 2.45) is 0 Å². The van der Waals surface area contributed by atoms with Crippen LogP contribution in [0.2, 0.25) is 0 Å². The summed E-state index contributed by atoms with van der Waals surface area (Å²) in [5, 5.41) is 3.82. The smallest absolute Gasteiger partial charge is 0.257 e. The number of aromatic amines is 1. The van der Waals surface area contributed by atoms with Gasteiger partial charge >= 0.3 is 0 Å². The second-order valence-corrected chi connectivity index (χ2v) is 6.34. The molecular weight excluding hydrogens is 326 g/mol. The van der Waals surface area contributed by atoms with E-state index < -0.39 is 0 Å². The second-order valence-electron chi connectivity index (χ2n) is 4.34. The highest BCUT2D eigenvalue weighted by Crippen LogP contribution is 2.20. The third kappa shape index (κ3) is 2.33. The molecule has 5 heteroatoms. The van der Waals surface area contributed by atoms with Crippen LogP contribution in [0.5, 0.6) is 0 Å². The number of hydrogen-bond acceptors (Lipinski definition) is 3. The lowest BCUT2D eigenvalue weighted by Gasteiger charge is -2.17. The topological polar surface area (TPSA) is 42.1 Å². The third-order valence-corrected chi connectivity index (χ3v) is 4.83. The summed E-state index contributed by atoms with van der Waals surface area (Å²) in [4.78, 5) is 16.2. The van der Waals surface area contributed by atoms with Crippen molar-refractivity contribution in [1.82, 2.24) is 4.98 Å². The Morgan fingerprint density at radius 1 is 1.42 bits per heavy atom. The summed E-state index contributed by atoms with van der Waals surface area (Å²) in [7, 11) is 1.66. The fraction of sp³-hybridized carbons (Fsp3) is 0.214. The average molecular weight is 338 g/mol. The summed E-state index contributed by atoms with van der Waals surface area (Å²) in [5.41, 5.74) is 0.655. The summed E-state index contributed by atoms with van der Waals surface area (Å²) in [6.07, 6.45) is 3.95. The highest BCUT2D eigenvalue weighted by atomic mass is 79.9. The lowest BCUT2D eigenvalue weighted by Crippen LogP contribution is -2.42. The van der Waals surface area contributed by atoms with Crippen LogP contribution in [0.15, 0.2) is 28.4 Å². The van der Waals surface area contributed by atoms with E-state index in [1.54, 1.807) is 18.4 Å². The van der Waals surface area contributed by atoms with Crippen LogP contribution >= 0.6 is 27.3 Å². The third-order valence-electron chi connectivity index (χ3n) is 3.15. The Morgan fingerprint density at radius 2 is 2.26 bits per heavy atom. The van der Waals surface area contributed by atoms with Gasteiger partial charge in [-0.3, -0.25) is 4.79 Å². The molecule has 2 heterocycles. The van der Waals surface area contributed by atoms with Gasteiger partial charge in [0.15, 0.2) is 0 Å². The molecule has 0 bridgehead atoms. The number of nitrogens with one attached hydrogen (secondary N) is 1. The largest absolute Gasteiger partial charge is 0.376 e.